The highest BCUT2D eigenvalue weighted by molar-refractivity contribution is 6.31. The summed E-state index contributed by atoms with van der Waals surface area (Å²) in [6.07, 6.45) is 6.22. The molecule has 0 heterocycles. The fraction of sp³-hybridized carbons (Fsp3) is 0.391. The van der Waals surface area contributed by atoms with Gasteiger partial charge in [-0.15, -0.1) is 0 Å². The summed E-state index contributed by atoms with van der Waals surface area (Å²) in [7, 11) is 0. The monoisotopic (exact) mass is 2090 g/mol. The summed E-state index contributed by atoms with van der Waals surface area (Å²) >= 11 is 17.4. The highest BCUT2D eigenvalue weighted by atomic mass is 35.5. The van der Waals surface area contributed by atoms with Crippen molar-refractivity contribution in [2.24, 2.45) is 53.3 Å². The maximum Gasteiger partial charge on any atom is 0.416 e. The summed E-state index contributed by atoms with van der Waals surface area (Å²) in [6.45, 7) is 6.76. The van der Waals surface area contributed by atoms with E-state index >= 15 is 0 Å². The molecule has 0 amide bonds. The van der Waals surface area contributed by atoms with Crippen LogP contribution in [-0.4, -0.2) is 133 Å². The minimum absolute atomic E-state index is 0.00443. The molecule has 9 aromatic carbocycles. The molecule has 17 rings (SSSR count). The number of halogens is 10. The molecule has 8 unspecified atom stereocenters. The molecule has 147 heavy (non-hydrogen) atoms. The number of para-hydroxylation sites is 3. The number of carbonyl (C=O) groups is 14. The maximum atomic E-state index is 13.4. The number of aryl methyl sites for hydroxylation is 1. The standard InChI is InChI=1S/C21H23F3O2.C20H18Cl2O4.C20H20O4.2C14H14F2O3.C13H13ClO3.C13H14O3/c1-13-7-15(10-17(8-13)21(22,23)24)16-11-19(25)18(20(26)12-16)9-14-5-3-2-4-6-14;21-15-1-5-17(6-2-15)25-11-13-9-14(20(24)10-19(13)23)12-26-18-7-3-16(22)4-8-18;21-19-12-20(22)16(14-24-18-9-5-2-6-10-18)11-15(19)13-23-17-7-3-1-4-8-17;1-8(9-2-12(17)7-13(18)3-9)19-14-5-10(15)4-11(16)6-14;1-8(9-4-11(17)7-12(18)5-9)19-14-6-10(15)2-3-13(14)16;14-10-2-5-12(6-3-10)17-8-9-1-4-11(15)7-13(9)16;14-11-7-6-10(13(15)8-11)9-16-12-4-2-1-3-5-12/h7-10,14,16H,2-6,11-12H2,1H3;1-8,13-14H,9-12H2;1-10,15-16H,11-14H2;4-6,8-9H,2-3,7H2,1H3;2-3,6,8-9H,4-5,7H2,1H3;2-3,5-6,9H,1,4,7-8H2;1-5,10H,6-9H2. The topological polar surface area (TPSA) is 313 Å². The average molecular weight is 2090 g/mol. The largest absolute Gasteiger partial charge is 0.493 e. The van der Waals surface area contributed by atoms with Crippen molar-refractivity contribution in [2.45, 2.75) is 193 Å². The molecule has 8 atom stereocenters. The van der Waals surface area contributed by atoms with Crippen LogP contribution in [0.25, 0.3) is 0 Å². The molecule has 8 fully saturated rings. The van der Waals surface area contributed by atoms with Crippen LogP contribution in [-0.2, 0) is 73.3 Å². The smallest absolute Gasteiger partial charge is 0.416 e. The summed E-state index contributed by atoms with van der Waals surface area (Å²) in [5.74, 6) is -1.79. The second-order valence-corrected chi connectivity index (χ2v) is 39.0. The Morgan fingerprint density at radius 2 is 0.687 bits per heavy atom. The van der Waals surface area contributed by atoms with Gasteiger partial charge in [-0.3, -0.25) is 67.1 Å². The predicted molar refractivity (Wildman–Crippen MR) is 534 cm³/mol. The number of Topliss-reactive ketones (excluding diaryl/α,β-unsaturated/α-hetero) is 14. The van der Waals surface area contributed by atoms with Crippen molar-refractivity contribution < 1.29 is 136 Å². The van der Waals surface area contributed by atoms with Gasteiger partial charge in [-0.25, -0.2) is 17.6 Å². The number of alkyl halides is 3. The Labute approximate surface area is 863 Å². The van der Waals surface area contributed by atoms with Crippen molar-refractivity contribution in [3.8, 4) is 46.0 Å². The number of rotatable bonds is 26. The van der Waals surface area contributed by atoms with Gasteiger partial charge in [0.15, 0.2) is 23.1 Å². The molecule has 8 saturated carbocycles. The Kier molecular flexibility index (Phi) is 44.1. The van der Waals surface area contributed by atoms with Crippen molar-refractivity contribution in [1.82, 2.24) is 0 Å². The highest BCUT2D eigenvalue weighted by Gasteiger charge is 2.41. The lowest BCUT2D eigenvalue weighted by atomic mass is 9.77. The Morgan fingerprint density at radius 3 is 1.05 bits per heavy atom. The third-order valence-electron chi connectivity index (χ3n) is 26.1. The van der Waals surface area contributed by atoms with Gasteiger partial charge in [0.1, 0.15) is 127 Å². The van der Waals surface area contributed by atoms with E-state index in [9.17, 15) is 97.9 Å². The molecule has 0 N–H and O–H groups in total. The maximum absolute atomic E-state index is 13.4. The first kappa shape index (κ1) is 114. The molecule has 8 aliphatic carbocycles. The molecule has 0 radical (unpaired) electrons. The minimum atomic E-state index is -4.44. The number of ketones is 14. The summed E-state index contributed by atoms with van der Waals surface area (Å²) < 4.78 is 136. The lowest BCUT2D eigenvalue weighted by molar-refractivity contribution is -0.139. The summed E-state index contributed by atoms with van der Waals surface area (Å²) in [5.41, 5.74) is 0.460. The highest BCUT2D eigenvalue weighted by Crippen LogP contribution is 2.40. The van der Waals surface area contributed by atoms with Crippen LogP contribution >= 0.6 is 34.8 Å². The van der Waals surface area contributed by atoms with E-state index in [1.54, 1.807) is 99.6 Å². The molecular weight excluding hydrogens is 1970 g/mol. The molecule has 0 aromatic heterocycles. The van der Waals surface area contributed by atoms with Crippen LogP contribution in [0.15, 0.2) is 230 Å². The zero-order valence-corrected chi connectivity index (χ0v) is 83.8. The van der Waals surface area contributed by atoms with Gasteiger partial charge in [0.25, 0.3) is 0 Å². The van der Waals surface area contributed by atoms with E-state index in [1.165, 1.54) is 6.42 Å². The normalized spacial score (nSPS) is 20.3. The van der Waals surface area contributed by atoms with E-state index in [-0.39, 0.29) is 242 Å². The van der Waals surface area contributed by atoms with E-state index in [0.717, 1.165) is 91.5 Å². The number of carbonyl (C=O) groups excluding carboxylic acids is 14. The van der Waals surface area contributed by atoms with E-state index in [2.05, 4.69) is 0 Å². The van der Waals surface area contributed by atoms with Crippen molar-refractivity contribution >= 4 is 116 Å². The van der Waals surface area contributed by atoms with Gasteiger partial charge in [-0.1, -0.05) is 126 Å². The molecule has 9 aromatic rings. The van der Waals surface area contributed by atoms with Crippen LogP contribution in [0.3, 0.4) is 0 Å². The molecule has 0 bridgehead atoms. The van der Waals surface area contributed by atoms with Crippen LogP contribution in [0, 0.1) is 83.5 Å². The van der Waals surface area contributed by atoms with Gasteiger partial charge in [-0.05, 0) is 210 Å². The second kappa shape index (κ2) is 56.7. The van der Waals surface area contributed by atoms with Crippen molar-refractivity contribution in [3.63, 3.8) is 0 Å². The number of hydrogen-bond acceptors (Lipinski definition) is 22. The van der Waals surface area contributed by atoms with E-state index in [1.807, 2.05) is 97.1 Å². The first-order valence-corrected chi connectivity index (χ1v) is 50.1. The predicted octanol–water partition coefficient (Wildman–Crippen LogP) is 23.5. The zero-order chi connectivity index (χ0) is 106. The molecule has 0 spiro atoms. The lowest BCUT2D eigenvalue weighted by Crippen LogP contribution is -2.38. The van der Waals surface area contributed by atoms with Crippen LogP contribution in [0.4, 0.5) is 30.7 Å². The van der Waals surface area contributed by atoms with Gasteiger partial charge < -0.3 is 37.9 Å². The molecule has 0 aliphatic heterocycles. The Hall–Kier alpha value is -13.1. The fourth-order valence-electron chi connectivity index (χ4n) is 17.8. The molecule has 32 heteroatoms. The van der Waals surface area contributed by atoms with Gasteiger partial charge in [0, 0.05) is 103 Å². The van der Waals surface area contributed by atoms with Crippen LogP contribution < -0.4 is 37.9 Å². The average Bonchev–Trinajstić information content (AvgIpc) is 0.790. The third kappa shape index (κ3) is 38.3. The Balaban J connectivity index is 0.000000164. The number of ether oxygens (including phenoxy) is 8. The summed E-state index contributed by atoms with van der Waals surface area (Å²) in [5, 5.41) is 1.89. The Morgan fingerprint density at radius 1 is 0.340 bits per heavy atom. The molecule has 0 saturated heterocycles. The van der Waals surface area contributed by atoms with Crippen molar-refractivity contribution in [1.29, 1.82) is 0 Å². The molecule has 778 valence electrons. The Bertz CT molecular complexity index is 5880. The quantitative estimate of drug-likeness (QED) is 0.0210. The number of hydrogen-bond donors (Lipinski definition) is 0. The van der Waals surface area contributed by atoms with Crippen molar-refractivity contribution in [2.75, 3.05) is 39.6 Å². The summed E-state index contributed by atoms with van der Waals surface area (Å²) in [6, 6.07) is 58.8. The first-order chi connectivity index (χ1) is 70.3. The third-order valence-corrected chi connectivity index (χ3v) is 26.8. The minimum Gasteiger partial charge on any atom is -0.493 e. The van der Waals surface area contributed by atoms with Gasteiger partial charge >= 0.3 is 6.18 Å². The summed E-state index contributed by atoms with van der Waals surface area (Å²) in [4.78, 5) is 164. The number of allylic oxidation sites excluding steroid dienone is 2. The van der Waals surface area contributed by atoms with E-state index in [4.69, 9.17) is 72.7 Å². The van der Waals surface area contributed by atoms with Crippen LogP contribution in [0.1, 0.15) is 184 Å². The van der Waals surface area contributed by atoms with Crippen LogP contribution in [0.2, 0.25) is 15.1 Å². The van der Waals surface area contributed by atoms with Crippen LogP contribution in [0.5, 0.6) is 46.0 Å². The zero-order valence-electron chi connectivity index (χ0n) is 81.6. The van der Waals surface area contributed by atoms with Gasteiger partial charge in [-0.2, -0.15) is 13.2 Å². The van der Waals surface area contributed by atoms with Gasteiger partial charge in [0.05, 0.1) is 137 Å². The van der Waals surface area contributed by atoms with E-state index < -0.39 is 53.1 Å². The molecular formula is C115H116Cl3F7O22. The first-order valence-electron chi connectivity index (χ1n) is 48.9. The lowest BCUT2D eigenvalue weighted by Gasteiger charge is -2.27. The second-order valence-electron chi connectivity index (χ2n) is 37.7. The SMILES string of the molecule is CC(Oc1cc(F)cc(F)c1)C1CC(=O)CC(=O)C1.CC(Oc1cc(F)ccc1F)C1CC(=O)CC(=O)C1.Cc1cc(C2CC(=O)C(=CC3CCCCC3)C(=O)C2)cc(C(F)(F)F)c1.O=C1CC(=O)C(COc2ccc(Cl)cc2)CC1COc1ccc(Cl)cc1.O=C1CC(=O)C(COc2ccccc2)CC1COc1ccccc1.O=C1CCC(COc2ccc(Cl)cc2)C(=O)C1.O=C1CCC(COc2ccccc2)C(=O)C1. The fourth-order valence-corrected chi connectivity index (χ4v) is 18.2. The molecule has 8 aliphatic rings. The van der Waals surface area contributed by atoms with Gasteiger partial charge in [0.2, 0.25) is 0 Å². The van der Waals surface area contributed by atoms with Crippen molar-refractivity contribution in [3.05, 3.63) is 285 Å². The van der Waals surface area contributed by atoms with E-state index in [0.29, 0.717) is 108 Å². The number of benzene rings is 9. The molecule has 22 nitrogen and oxygen atoms in total.